The maximum absolute atomic E-state index is 13.6. The van der Waals surface area contributed by atoms with E-state index < -0.39 is 0 Å². The molecule has 0 spiro atoms. The van der Waals surface area contributed by atoms with Gasteiger partial charge in [0.1, 0.15) is 17.8 Å². The number of ether oxygens (including phenoxy) is 2. The summed E-state index contributed by atoms with van der Waals surface area (Å²) in [4.78, 5) is 31.2. The molecule has 1 aliphatic rings. The molecular formula is C27H30FN3O5. The molecule has 1 N–H and O–H groups in total. The van der Waals surface area contributed by atoms with Gasteiger partial charge in [0.15, 0.2) is 12.3 Å². The number of halogens is 1. The number of amides is 2. The molecule has 2 aromatic carbocycles. The van der Waals surface area contributed by atoms with Crippen LogP contribution in [0.25, 0.3) is 0 Å². The van der Waals surface area contributed by atoms with Gasteiger partial charge in [0.25, 0.3) is 5.91 Å². The van der Waals surface area contributed by atoms with Crippen LogP contribution in [0.3, 0.4) is 0 Å². The fraction of sp³-hybridized carbons (Fsp3) is 0.370. The van der Waals surface area contributed by atoms with Crippen molar-refractivity contribution in [2.45, 2.75) is 32.9 Å². The average Bonchev–Trinajstić information content (AvgIpc) is 3.36. The highest BCUT2D eigenvalue weighted by Crippen LogP contribution is 2.38. The fourth-order valence-corrected chi connectivity index (χ4v) is 4.24. The number of carbonyl (C=O) groups is 2. The van der Waals surface area contributed by atoms with Gasteiger partial charge in [-0.25, -0.2) is 9.37 Å². The van der Waals surface area contributed by atoms with E-state index in [4.69, 9.17) is 13.9 Å². The van der Waals surface area contributed by atoms with E-state index in [1.165, 1.54) is 18.4 Å². The van der Waals surface area contributed by atoms with Crippen LogP contribution in [0.5, 0.6) is 5.75 Å². The number of methoxy groups -OCH3 is 1. The van der Waals surface area contributed by atoms with Crippen molar-refractivity contribution in [1.29, 1.82) is 0 Å². The summed E-state index contributed by atoms with van der Waals surface area (Å²) in [5.41, 5.74) is 3.04. The van der Waals surface area contributed by atoms with Crippen molar-refractivity contribution in [3.63, 3.8) is 0 Å². The van der Waals surface area contributed by atoms with E-state index in [0.717, 1.165) is 16.7 Å². The molecule has 2 amide bonds. The molecule has 36 heavy (non-hydrogen) atoms. The number of nitrogens with one attached hydrogen (secondary N) is 1. The Morgan fingerprint density at radius 1 is 1.22 bits per heavy atom. The summed E-state index contributed by atoms with van der Waals surface area (Å²) in [6, 6.07) is 11.7. The molecule has 190 valence electrons. The molecule has 1 aromatic heterocycles. The van der Waals surface area contributed by atoms with Crippen LogP contribution in [0.15, 0.2) is 53.1 Å². The zero-order valence-corrected chi connectivity index (χ0v) is 20.6. The maximum Gasteiger partial charge on any atom is 0.273 e. The van der Waals surface area contributed by atoms with Gasteiger partial charge in [0, 0.05) is 26.1 Å². The van der Waals surface area contributed by atoms with E-state index in [0.29, 0.717) is 31.9 Å². The van der Waals surface area contributed by atoms with Gasteiger partial charge in [-0.05, 0) is 47.4 Å². The third kappa shape index (κ3) is 5.73. The van der Waals surface area contributed by atoms with E-state index in [2.05, 4.69) is 10.3 Å². The van der Waals surface area contributed by atoms with Crippen molar-refractivity contribution in [2.75, 3.05) is 26.8 Å². The molecule has 8 nitrogen and oxygen atoms in total. The molecule has 0 aliphatic carbocycles. The van der Waals surface area contributed by atoms with E-state index in [1.807, 2.05) is 36.9 Å². The van der Waals surface area contributed by atoms with Crippen LogP contribution in [0.4, 0.5) is 4.39 Å². The predicted molar refractivity (Wildman–Crippen MR) is 130 cm³/mol. The van der Waals surface area contributed by atoms with Gasteiger partial charge < -0.3 is 24.1 Å². The molecule has 1 aliphatic heterocycles. The van der Waals surface area contributed by atoms with Crippen molar-refractivity contribution in [3.05, 3.63) is 82.8 Å². The molecule has 3 aromatic rings. The summed E-state index contributed by atoms with van der Waals surface area (Å²) in [7, 11) is 1.56. The highest BCUT2D eigenvalue weighted by molar-refractivity contribution is 5.91. The van der Waals surface area contributed by atoms with E-state index >= 15 is 0 Å². The highest BCUT2D eigenvalue weighted by Gasteiger charge is 2.33. The van der Waals surface area contributed by atoms with Gasteiger partial charge in [-0.2, -0.15) is 0 Å². The lowest BCUT2D eigenvalue weighted by Gasteiger charge is -2.39. The molecule has 1 unspecified atom stereocenters. The highest BCUT2D eigenvalue weighted by atomic mass is 19.1. The van der Waals surface area contributed by atoms with Gasteiger partial charge in [-0.1, -0.05) is 32.0 Å². The van der Waals surface area contributed by atoms with Crippen molar-refractivity contribution in [2.24, 2.45) is 5.92 Å². The van der Waals surface area contributed by atoms with Crippen LogP contribution in [0.1, 0.15) is 53.0 Å². The predicted octanol–water partition coefficient (Wildman–Crippen LogP) is 3.90. The largest absolute Gasteiger partial charge is 0.484 e. The molecule has 1 atom stereocenters. The SMILES string of the molecule is COCCNC(=O)c1coc(COc2ccc3c(c2)C(c2ccc(F)cc2)N(C(=O)C(C)C)CC3)n1. The number of hydrogen-bond acceptors (Lipinski definition) is 6. The van der Waals surface area contributed by atoms with Crippen LogP contribution in [-0.2, 0) is 22.6 Å². The average molecular weight is 496 g/mol. The lowest BCUT2D eigenvalue weighted by Crippen LogP contribution is -2.42. The smallest absolute Gasteiger partial charge is 0.273 e. The Balaban J connectivity index is 1.54. The number of oxazole rings is 1. The Kier molecular flexibility index (Phi) is 8.00. The van der Waals surface area contributed by atoms with Gasteiger partial charge in [-0.3, -0.25) is 9.59 Å². The van der Waals surface area contributed by atoms with Gasteiger partial charge in [0.2, 0.25) is 11.8 Å². The molecule has 2 heterocycles. The first-order valence-corrected chi connectivity index (χ1v) is 11.9. The Bertz CT molecular complexity index is 1210. The minimum Gasteiger partial charge on any atom is -0.484 e. The van der Waals surface area contributed by atoms with Crippen LogP contribution in [0, 0.1) is 11.7 Å². The minimum atomic E-state index is -0.354. The summed E-state index contributed by atoms with van der Waals surface area (Å²) >= 11 is 0. The summed E-state index contributed by atoms with van der Waals surface area (Å²) < 4.78 is 29.9. The van der Waals surface area contributed by atoms with E-state index in [9.17, 15) is 14.0 Å². The first kappa shape index (κ1) is 25.4. The lowest BCUT2D eigenvalue weighted by atomic mass is 9.87. The molecule has 4 rings (SSSR count). The number of aromatic nitrogens is 1. The first-order valence-electron chi connectivity index (χ1n) is 11.9. The second-order valence-electron chi connectivity index (χ2n) is 8.91. The van der Waals surface area contributed by atoms with E-state index in [1.54, 1.807) is 19.2 Å². The number of benzene rings is 2. The van der Waals surface area contributed by atoms with Crippen molar-refractivity contribution in [1.82, 2.24) is 15.2 Å². The number of rotatable bonds is 9. The number of nitrogens with zero attached hydrogens (tertiary/aromatic N) is 2. The zero-order valence-electron chi connectivity index (χ0n) is 20.6. The van der Waals surface area contributed by atoms with Crippen LogP contribution in [0.2, 0.25) is 0 Å². The van der Waals surface area contributed by atoms with Crippen LogP contribution in [-0.4, -0.2) is 48.5 Å². The summed E-state index contributed by atoms with van der Waals surface area (Å²) in [6.07, 6.45) is 2.00. The minimum absolute atomic E-state index is 0.0278. The molecular weight excluding hydrogens is 465 g/mol. The molecule has 0 saturated carbocycles. The maximum atomic E-state index is 13.6. The van der Waals surface area contributed by atoms with Crippen molar-refractivity contribution in [3.8, 4) is 5.75 Å². The van der Waals surface area contributed by atoms with E-state index in [-0.39, 0.29) is 47.8 Å². The summed E-state index contributed by atoms with van der Waals surface area (Å²) in [6.45, 7) is 5.13. The first-order chi connectivity index (χ1) is 17.4. The summed E-state index contributed by atoms with van der Waals surface area (Å²) in [5.74, 6) is 0.0248. The van der Waals surface area contributed by atoms with Gasteiger partial charge in [-0.15, -0.1) is 0 Å². The topological polar surface area (TPSA) is 93.9 Å². The zero-order chi connectivity index (χ0) is 25.7. The third-order valence-electron chi connectivity index (χ3n) is 6.05. The summed E-state index contributed by atoms with van der Waals surface area (Å²) in [5, 5.41) is 2.68. The Morgan fingerprint density at radius 2 is 2.00 bits per heavy atom. The van der Waals surface area contributed by atoms with Crippen LogP contribution < -0.4 is 10.1 Å². The number of fused-ring (bicyclic) bond motifs is 1. The number of hydrogen-bond donors (Lipinski definition) is 1. The third-order valence-corrected chi connectivity index (χ3v) is 6.05. The standard InChI is InChI=1S/C27H30FN3O5/c1-17(2)27(33)31-12-10-18-6-9-21(14-22(18)25(31)19-4-7-20(28)8-5-19)35-16-24-30-23(15-36-24)26(32)29-11-13-34-3/h4-9,14-15,17,25H,10-13,16H2,1-3H3,(H,29,32). The quantitative estimate of drug-likeness (QED) is 0.453. The molecule has 0 fully saturated rings. The Hall–Kier alpha value is -3.72. The monoisotopic (exact) mass is 495 g/mol. The lowest BCUT2D eigenvalue weighted by molar-refractivity contribution is -0.136. The van der Waals surface area contributed by atoms with Crippen LogP contribution >= 0.6 is 0 Å². The second-order valence-corrected chi connectivity index (χ2v) is 8.91. The molecule has 0 bridgehead atoms. The normalized spacial score (nSPS) is 15.0. The fourth-order valence-electron chi connectivity index (χ4n) is 4.24. The van der Waals surface area contributed by atoms with Crippen molar-refractivity contribution >= 4 is 11.8 Å². The van der Waals surface area contributed by atoms with Gasteiger partial charge >= 0.3 is 0 Å². The second kappa shape index (κ2) is 11.3. The Labute approximate surface area is 209 Å². The Morgan fingerprint density at radius 3 is 2.72 bits per heavy atom. The number of carbonyl (C=O) groups excluding carboxylic acids is 2. The molecule has 0 radical (unpaired) electrons. The molecule has 9 heteroatoms. The van der Waals surface area contributed by atoms with Gasteiger partial charge in [0.05, 0.1) is 12.6 Å². The van der Waals surface area contributed by atoms with Crippen molar-refractivity contribution < 1.29 is 27.9 Å². The molecule has 0 saturated heterocycles.